The molecule has 2 fully saturated rings. The second-order valence-corrected chi connectivity index (χ2v) is 10.2. The van der Waals surface area contributed by atoms with E-state index in [4.69, 9.17) is 19.9 Å². The highest BCUT2D eigenvalue weighted by atomic mass is 16.6. The summed E-state index contributed by atoms with van der Waals surface area (Å²) in [4.78, 5) is 28.5. The van der Waals surface area contributed by atoms with Crippen molar-refractivity contribution in [1.29, 1.82) is 0 Å². The molecule has 3 N–H and O–H groups in total. The standard InChI is InChI=1S/C25H39N3O6/c1-24(2,3)34-23(31)28-13-7-12-25(26,18-29)21(28)17-32-20-10-14-27(15-11-20)22(30)33-16-19-8-5-4-6-9-19/h4-6,8-9,20-21,29H,7,10-18,26H2,1-3H3. The van der Waals surface area contributed by atoms with Gasteiger partial charge >= 0.3 is 12.2 Å². The molecule has 0 aliphatic carbocycles. The number of nitrogens with two attached hydrogens (primary N) is 1. The van der Waals surface area contributed by atoms with Crippen molar-refractivity contribution in [2.45, 2.75) is 76.3 Å². The number of rotatable bonds is 6. The maximum Gasteiger partial charge on any atom is 0.410 e. The molecular formula is C25H39N3O6. The largest absolute Gasteiger partial charge is 0.445 e. The van der Waals surface area contributed by atoms with Crippen molar-refractivity contribution in [2.24, 2.45) is 5.73 Å². The van der Waals surface area contributed by atoms with Crippen molar-refractivity contribution in [3.05, 3.63) is 35.9 Å². The Morgan fingerprint density at radius 1 is 1.12 bits per heavy atom. The first-order valence-electron chi connectivity index (χ1n) is 12.1. The van der Waals surface area contributed by atoms with Gasteiger partial charge in [-0.2, -0.15) is 0 Å². The van der Waals surface area contributed by atoms with E-state index < -0.39 is 23.3 Å². The Labute approximate surface area is 202 Å². The van der Waals surface area contributed by atoms with Gasteiger partial charge in [0.2, 0.25) is 0 Å². The fourth-order valence-corrected chi connectivity index (χ4v) is 4.43. The predicted molar refractivity (Wildman–Crippen MR) is 127 cm³/mol. The number of carbonyl (C=O) groups is 2. The Morgan fingerprint density at radius 2 is 1.79 bits per heavy atom. The lowest BCUT2D eigenvalue weighted by atomic mass is 9.83. The van der Waals surface area contributed by atoms with E-state index in [0.29, 0.717) is 45.3 Å². The Balaban J connectivity index is 1.50. The number of carbonyl (C=O) groups excluding carboxylic acids is 2. The van der Waals surface area contributed by atoms with Gasteiger partial charge in [-0.05, 0) is 52.0 Å². The molecule has 34 heavy (non-hydrogen) atoms. The van der Waals surface area contributed by atoms with Gasteiger partial charge in [0.25, 0.3) is 0 Å². The topological polar surface area (TPSA) is 115 Å². The molecule has 1 aromatic carbocycles. The van der Waals surface area contributed by atoms with Crippen molar-refractivity contribution in [3.8, 4) is 0 Å². The van der Waals surface area contributed by atoms with Gasteiger partial charge in [0.05, 0.1) is 30.9 Å². The number of piperidine rings is 2. The van der Waals surface area contributed by atoms with Crippen LogP contribution in [0.4, 0.5) is 9.59 Å². The van der Waals surface area contributed by atoms with Gasteiger partial charge in [-0.3, -0.25) is 0 Å². The summed E-state index contributed by atoms with van der Waals surface area (Å²) in [5, 5.41) is 10.0. The van der Waals surface area contributed by atoms with Crippen molar-refractivity contribution in [2.75, 3.05) is 32.8 Å². The number of amides is 2. The van der Waals surface area contributed by atoms with Crippen LogP contribution in [0.2, 0.25) is 0 Å². The molecule has 0 saturated carbocycles. The summed E-state index contributed by atoms with van der Waals surface area (Å²) in [5.74, 6) is 0. The Kier molecular flexibility index (Phi) is 8.78. The van der Waals surface area contributed by atoms with Gasteiger partial charge in [-0.15, -0.1) is 0 Å². The average Bonchev–Trinajstić information content (AvgIpc) is 2.81. The molecule has 2 unspecified atom stereocenters. The number of hydrogen-bond acceptors (Lipinski definition) is 7. The summed E-state index contributed by atoms with van der Waals surface area (Å²) in [7, 11) is 0. The molecule has 0 radical (unpaired) electrons. The van der Waals surface area contributed by atoms with Crippen LogP contribution in [-0.4, -0.2) is 83.2 Å². The summed E-state index contributed by atoms with van der Waals surface area (Å²) >= 11 is 0. The molecule has 9 heteroatoms. The average molecular weight is 478 g/mol. The highest BCUT2D eigenvalue weighted by Gasteiger charge is 2.45. The van der Waals surface area contributed by atoms with E-state index in [1.807, 2.05) is 51.1 Å². The normalized spacial score (nSPS) is 24.1. The van der Waals surface area contributed by atoms with Crippen LogP contribution >= 0.6 is 0 Å². The highest BCUT2D eigenvalue weighted by molar-refractivity contribution is 5.69. The zero-order valence-corrected chi connectivity index (χ0v) is 20.6. The zero-order chi connectivity index (χ0) is 24.8. The third-order valence-electron chi connectivity index (χ3n) is 6.40. The minimum absolute atomic E-state index is 0.0662. The summed E-state index contributed by atoms with van der Waals surface area (Å²) < 4.78 is 17.2. The van der Waals surface area contributed by atoms with Gasteiger partial charge in [0.15, 0.2) is 0 Å². The Bertz CT molecular complexity index is 807. The minimum atomic E-state index is -0.947. The minimum Gasteiger partial charge on any atom is -0.445 e. The zero-order valence-electron chi connectivity index (χ0n) is 20.6. The van der Waals surface area contributed by atoms with Crippen LogP contribution in [0, 0.1) is 0 Å². The summed E-state index contributed by atoms with van der Waals surface area (Å²) in [6.07, 6.45) is 1.78. The number of likely N-dealkylation sites (tertiary alicyclic amines) is 2. The quantitative estimate of drug-likeness (QED) is 0.647. The third kappa shape index (κ3) is 7.07. The first-order chi connectivity index (χ1) is 16.1. The van der Waals surface area contributed by atoms with Gasteiger partial charge in [0, 0.05) is 19.6 Å². The number of aliphatic hydroxyl groups is 1. The Morgan fingerprint density at radius 3 is 2.41 bits per heavy atom. The second-order valence-electron chi connectivity index (χ2n) is 10.2. The van der Waals surface area contributed by atoms with Crippen LogP contribution in [0.25, 0.3) is 0 Å². The van der Waals surface area contributed by atoms with Crippen LogP contribution in [0.15, 0.2) is 30.3 Å². The lowest BCUT2D eigenvalue weighted by Crippen LogP contribution is -2.67. The fourth-order valence-electron chi connectivity index (χ4n) is 4.43. The first-order valence-corrected chi connectivity index (χ1v) is 12.1. The van der Waals surface area contributed by atoms with Crippen LogP contribution < -0.4 is 5.73 Å². The smallest absolute Gasteiger partial charge is 0.410 e. The van der Waals surface area contributed by atoms with Crippen LogP contribution in [0.3, 0.4) is 0 Å². The van der Waals surface area contributed by atoms with Crippen molar-refractivity contribution < 1.29 is 28.9 Å². The van der Waals surface area contributed by atoms with E-state index >= 15 is 0 Å². The molecular weight excluding hydrogens is 438 g/mol. The third-order valence-corrected chi connectivity index (χ3v) is 6.40. The highest BCUT2D eigenvalue weighted by Crippen LogP contribution is 2.28. The van der Waals surface area contributed by atoms with E-state index in [1.165, 1.54) is 0 Å². The van der Waals surface area contributed by atoms with Gasteiger partial charge in [-0.1, -0.05) is 30.3 Å². The van der Waals surface area contributed by atoms with E-state index in [2.05, 4.69) is 0 Å². The number of nitrogens with zero attached hydrogens (tertiary/aromatic N) is 2. The molecule has 190 valence electrons. The fraction of sp³-hybridized carbons (Fsp3) is 0.680. The van der Waals surface area contributed by atoms with Crippen molar-refractivity contribution >= 4 is 12.2 Å². The van der Waals surface area contributed by atoms with Crippen LogP contribution in [0.1, 0.15) is 52.0 Å². The molecule has 9 nitrogen and oxygen atoms in total. The van der Waals surface area contributed by atoms with Crippen LogP contribution in [0.5, 0.6) is 0 Å². The summed E-state index contributed by atoms with van der Waals surface area (Å²) in [6.45, 7) is 7.25. The van der Waals surface area contributed by atoms with Crippen LogP contribution in [-0.2, 0) is 20.8 Å². The van der Waals surface area contributed by atoms with Gasteiger partial charge in [0.1, 0.15) is 12.2 Å². The first kappa shape index (κ1) is 26.2. The molecule has 1 aromatic rings. The number of aliphatic hydroxyl groups excluding tert-OH is 1. The van der Waals surface area contributed by atoms with E-state index in [1.54, 1.807) is 9.80 Å². The monoisotopic (exact) mass is 477 g/mol. The number of ether oxygens (including phenoxy) is 3. The molecule has 2 saturated heterocycles. The lowest BCUT2D eigenvalue weighted by Gasteiger charge is -2.47. The molecule has 2 amide bonds. The molecule has 2 aliphatic rings. The molecule has 2 aliphatic heterocycles. The summed E-state index contributed by atoms with van der Waals surface area (Å²) in [5.41, 5.74) is 5.88. The molecule has 2 heterocycles. The van der Waals surface area contributed by atoms with Crippen molar-refractivity contribution in [1.82, 2.24) is 9.80 Å². The summed E-state index contributed by atoms with van der Waals surface area (Å²) in [6, 6.07) is 9.09. The van der Waals surface area contributed by atoms with Crippen molar-refractivity contribution in [3.63, 3.8) is 0 Å². The maximum atomic E-state index is 12.8. The number of hydrogen-bond donors (Lipinski definition) is 2. The van der Waals surface area contributed by atoms with Gasteiger partial charge in [-0.25, -0.2) is 9.59 Å². The maximum absolute atomic E-state index is 12.8. The molecule has 3 rings (SSSR count). The molecule has 0 aromatic heterocycles. The van der Waals surface area contributed by atoms with E-state index in [-0.39, 0.29) is 32.0 Å². The molecule has 0 spiro atoms. The van der Waals surface area contributed by atoms with E-state index in [9.17, 15) is 14.7 Å². The second kappa shape index (κ2) is 11.4. The lowest BCUT2D eigenvalue weighted by molar-refractivity contribution is -0.0652. The number of benzene rings is 1. The molecule has 0 bridgehead atoms. The predicted octanol–water partition coefficient (Wildman–Crippen LogP) is 2.89. The SMILES string of the molecule is CC(C)(C)OC(=O)N1CCCC(N)(CO)C1COC1CCN(C(=O)OCc2ccccc2)CC1. The molecule has 2 atom stereocenters. The van der Waals surface area contributed by atoms with E-state index in [0.717, 1.165) is 5.56 Å². The Hall–Kier alpha value is -2.36. The van der Waals surface area contributed by atoms with Gasteiger partial charge < -0.3 is 34.9 Å².